The van der Waals surface area contributed by atoms with Crippen LogP contribution in [0.5, 0.6) is 5.75 Å². The number of fused-ring (bicyclic) bond motifs is 1. The Labute approximate surface area is 164 Å². The maximum Gasteiger partial charge on any atom is 0.291 e. The minimum absolute atomic E-state index is 0.109. The Morgan fingerprint density at radius 1 is 1.04 bits per heavy atom. The molecule has 0 bridgehead atoms. The van der Waals surface area contributed by atoms with E-state index in [1.54, 1.807) is 12.1 Å². The van der Waals surface area contributed by atoms with Gasteiger partial charge in [-0.3, -0.25) is 4.79 Å². The van der Waals surface area contributed by atoms with Gasteiger partial charge in [-0.1, -0.05) is 24.3 Å². The second kappa shape index (κ2) is 7.52. The molecule has 0 saturated heterocycles. The van der Waals surface area contributed by atoms with Crippen LogP contribution in [0.1, 0.15) is 41.1 Å². The summed E-state index contributed by atoms with van der Waals surface area (Å²) in [5.74, 6) is 1.05. The van der Waals surface area contributed by atoms with Crippen molar-refractivity contribution in [3.8, 4) is 5.75 Å². The van der Waals surface area contributed by atoms with Crippen LogP contribution in [0.4, 0.5) is 5.69 Å². The third-order valence-electron chi connectivity index (χ3n) is 4.74. The lowest BCUT2D eigenvalue weighted by molar-refractivity contribution is 0.0996. The summed E-state index contributed by atoms with van der Waals surface area (Å²) in [6, 6.07) is 17.5. The van der Waals surface area contributed by atoms with Crippen molar-refractivity contribution in [3.63, 3.8) is 0 Å². The van der Waals surface area contributed by atoms with Crippen molar-refractivity contribution >= 4 is 11.6 Å². The van der Waals surface area contributed by atoms with Crippen molar-refractivity contribution in [3.05, 3.63) is 83.3 Å². The molecule has 0 atom stereocenters. The second-order valence-electron chi connectivity index (χ2n) is 7.71. The Morgan fingerprint density at radius 2 is 1.79 bits per heavy atom. The summed E-state index contributed by atoms with van der Waals surface area (Å²) in [6.45, 7) is 5.79. The number of hydrogen-bond acceptors (Lipinski definition) is 4. The molecule has 4 rings (SSSR count). The van der Waals surface area contributed by atoms with E-state index in [1.165, 1.54) is 17.4 Å². The molecular formula is C23H24N2O3. The van der Waals surface area contributed by atoms with Gasteiger partial charge in [-0.2, -0.15) is 0 Å². The van der Waals surface area contributed by atoms with Gasteiger partial charge in [0.1, 0.15) is 11.4 Å². The quantitative estimate of drug-likeness (QED) is 0.663. The van der Waals surface area contributed by atoms with E-state index in [0.717, 1.165) is 36.5 Å². The highest BCUT2D eigenvalue weighted by molar-refractivity contribution is 6.02. The van der Waals surface area contributed by atoms with Crippen molar-refractivity contribution in [2.75, 3.05) is 5.32 Å². The van der Waals surface area contributed by atoms with E-state index >= 15 is 0 Å². The summed E-state index contributed by atoms with van der Waals surface area (Å²) in [5.41, 5.74) is 4.32. The standard InChI is InChI=1S/C23H24N2O3/c1-23(2)13-18-12-17(7-10-20(18)28-23)15-24-14-16-5-8-19(9-6-16)25-22(26)21-4-3-11-27-21/h3-12,24H,13-15H2,1-2H3,(H,25,26). The molecule has 5 heteroatoms. The molecule has 5 nitrogen and oxygen atoms in total. The molecule has 0 aliphatic carbocycles. The summed E-state index contributed by atoms with van der Waals surface area (Å²) >= 11 is 0. The van der Waals surface area contributed by atoms with Crippen molar-refractivity contribution in [2.45, 2.75) is 39.0 Å². The molecule has 3 aromatic rings. The van der Waals surface area contributed by atoms with Crippen molar-refractivity contribution < 1.29 is 13.9 Å². The Morgan fingerprint density at radius 3 is 2.54 bits per heavy atom. The second-order valence-corrected chi connectivity index (χ2v) is 7.71. The van der Waals surface area contributed by atoms with E-state index in [0.29, 0.717) is 5.76 Å². The summed E-state index contributed by atoms with van der Waals surface area (Å²) in [5, 5.41) is 6.29. The molecule has 144 valence electrons. The van der Waals surface area contributed by atoms with E-state index in [9.17, 15) is 4.79 Å². The van der Waals surface area contributed by atoms with Crippen LogP contribution in [0, 0.1) is 0 Å². The van der Waals surface area contributed by atoms with Crippen molar-refractivity contribution in [2.24, 2.45) is 0 Å². The average molecular weight is 376 g/mol. The summed E-state index contributed by atoms with van der Waals surface area (Å²) < 4.78 is 11.0. The Kier molecular flexibility index (Phi) is 4.92. The first-order chi connectivity index (χ1) is 13.5. The Hall–Kier alpha value is -3.05. The third-order valence-corrected chi connectivity index (χ3v) is 4.74. The van der Waals surface area contributed by atoms with Gasteiger partial charge in [0.15, 0.2) is 5.76 Å². The average Bonchev–Trinajstić information content (AvgIpc) is 3.29. The van der Waals surface area contributed by atoms with Gasteiger partial charge in [0.2, 0.25) is 0 Å². The number of nitrogens with one attached hydrogen (secondary N) is 2. The Bertz CT molecular complexity index is 960. The van der Waals surface area contributed by atoms with Gasteiger partial charge in [-0.05, 0) is 60.9 Å². The van der Waals surface area contributed by atoms with Gasteiger partial charge in [-0.25, -0.2) is 0 Å². The Balaban J connectivity index is 1.28. The van der Waals surface area contributed by atoms with Crippen LogP contribution in [0.2, 0.25) is 0 Å². The molecule has 28 heavy (non-hydrogen) atoms. The number of benzene rings is 2. The number of hydrogen-bond donors (Lipinski definition) is 2. The van der Waals surface area contributed by atoms with E-state index in [1.807, 2.05) is 24.3 Å². The number of furan rings is 1. The molecule has 0 unspecified atom stereocenters. The largest absolute Gasteiger partial charge is 0.487 e. The topological polar surface area (TPSA) is 63.5 Å². The van der Waals surface area contributed by atoms with E-state index in [-0.39, 0.29) is 11.5 Å². The smallest absolute Gasteiger partial charge is 0.291 e. The number of anilines is 1. The first kappa shape index (κ1) is 18.3. The molecule has 0 spiro atoms. The van der Waals surface area contributed by atoms with Crippen LogP contribution < -0.4 is 15.4 Å². The minimum atomic E-state index is -0.250. The number of rotatable bonds is 6. The van der Waals surface area contributed by atoms with Gasteiger partial charge in [0.05, 0.1) is 6.26 Å². The van der Waals surface area contributed by atoms with Crippen LogP contribution in [-0.4, -0.2) is 11.5 Å². The molecular weight excluding hydrogens is 352 g/mol. The summed E-state index contributed by atoms with van der Waals surface area (Å²) in [6.07, 6.45) is 2.43. The lowest BCUT2D eigenvalue weighted by Crippen LogP contribution is -2.24. The van der Waals surface area contributed by atoms with Gasteiger partial charge in [0.25, 0.3) is 5.91 Å². The fourth-order valence-corrected chi connectivity index (χ4v) is 3.43. The summed E-state index contributed by atoms with van der Waals surface area (Å²) in [7, 11) is 0. The first-order valence-electron chi connectivity index (χ1n) is 9.44. The summed E-state index contributed by atoms with van der Waals surface area (Å²) in [4.78, 5) is 12.0. The maximum atomic E-state index is 12.0. The molecule has 1 amide bonds. The van der Waals surface area contributed by atoms with Gasteiger partial charge < -0.3 is 19.8 Å². The zero-order chi connectivity index (χ0) is 19.6. The third kappa shape index (κ3) is 4.26. The maximum absolute atomic E-state index is 12.0. The minimum Gasteiger partial charge on any atom is -0.487 e. The fourth-order valence-electron chi connectivity index (χ4n) is 3.43. The van der Waals surface area contributed by atoms with E-state index in [4.69, 9.17) is 9.15 Å². The monoisotopic (exact) mass is 376 g/mol. The SMILES string of the molecule is CC1(C)Cc2cc(CNCc3ccc(NC(=O)c4ccco4)cc3)ccc2O1. The zero-order valence-corrected chi connectivity index (χ0v) is 16.1. The highest BCUT2D eigenvalue weighted by Crippen LogP contribution is 2.35. The molecule has 1 aliphatic heterocycles. The van der Waals surface area contributed by atoms with Gasteiger partial charge in [0, 0.05) is 25.2 Å². The molecule has 2 N–H and O–H groups in total. The molecule has 1 aliphatic rings. The van der Waals surface area contributed by atoms with Crippen LogP contribution in [-0.2, 0) is 19.5 Å². The molecule has 0 fully saturated rings. The molecule has 2 aromatic carbocycles. The molecule has 2 heterocycles. The molecule has 1 aromatic heterocycles. The van der Waals surface area contributed by atoms with E-state index in [2.05, 4.69) is 42.7 Å². The predicted molar refractivity (Wildman–Crippen MR) is 108 cm³/mol. The highest BCUT2D eigenvalue weighted by atomic mass is 16.5. The first-order valence-corrected chi connectivity index (χ1v) is 9.44. The van der Waals surface area contributed by atoms with E-state index < -0.39 is 0 Å². The lowest BCUT2D eigenvalue weighted by Gasteiger charge is -2.16. The number of amides is 1. The van der Waals surface area contributed by atoms with Crippen LogP contribution in [0.25, 0.3) is 0 Å². The van der Waals surface area contributed by atoms with Crippen LogP contribution in [0.3, 0.4) is 0 Å². The van der Waals surface area contributed by atoms with Crippen molar-refractivity contribution in [1.29, 1.82) is 0 Å². The van der Waals surface area contributed by atoms with Crippen molar-refractivity contribution in [1.82, 2.24) is 5.32 Å². The molecule has 0 saturated carbocycles. The van der Waals surface area contributed by atoms with Gasteiger partial charge in [-0.15, -0.1) is 0 Å². The number of carbonyl (C=O) groups is 1. The van der Waals surface area contributed by atoms with Crippen LogP contribution in [0.15, 0.2) is 65.3 Å². The van der Waals surface area contributed by atoms with Crippen LogP contribution >= 0.6 is 0 Å². The molecule has 0 radical (unpaired) electrons. The number of ether oxygens (including phenoxy) is 1. The zero-order valence-electron chi connectivity index (χ0n) is 16.1. The highest BCUT2D eigenvalue weighted by Gasteiger charge is 2.29. The fraction of sp³-hybridized carbons (Fsp3) is 0.261. The van der Waals surface area contributed by atoms with Gasteiger partial charge >= 0.3 is 0 Å². The number of carbonyl (C=O) groups excluding carboxylic acids is 1. The predicted octanol–water partition coefficient (Wildman–Crippen LogP) is 4.54. The lowest BCUT2D eigenvalue weighted by atomic mass is 10.0. The normalized spacial score (nSPS) is 14.4.